The SMILES string of the molecule is CC(C)C[C@H]1CC(=O)N[C@@H](Cc2ccccc2)C(=O)N[C@@H](CCCCCC(=O)O)C(=O)N[C@@H](Cc2cccc3ccccc23)C(=O)N1. The number of rotatable bonds is 12. The van der Waals surface area contributed by atoms with Crippen molar-refractivity contribution in [2.24, 2.45) is 5.92 Å². The van der Waals surface area contributed by atoms with Crippen LogP contribution >= 0.6 is 0 Å². The van der Waals surface area contributed by atoms with Gasteiger partial charge >= 0.3 is 5.97 Å². The molecule has 0 unspecified atom stereocenters. The highest BCUT2D eigenvalue weighted by molar-refractivity contribution is 5.95. The fourth-order valence-electron chi connectivity index (χ4n) is 6.11. The summed E-state index contributed by atoms with van der Waals surface area (Å²) in [6.07, 6.45) is 2.65. The Hall–Kier alpha value is -4.73. The van der Waals surface area contributed by atoms with Crippen LogP contribution < -0.4 is 21.3 Å². The number of amides is 4. The summed E-state index contributed by atoms with van der Waals surface area (Å²) in [6.45, 7) is 4.01. The average Bonchev–Trinajstić information content (AvgIpc) is 3.03. The van der Waals surface area contributed by atoms with E-state index in [2.05, 4.69) is 21.3 Å². The largest absolute Gasteiger partial charge is 0.481 e. The smallest absolute Gasteiger partial charge is 0.303 e. The molecular formula is C37H46N4O6. The van der Waals surface area contributed by atoms with Crippen molar-refractivity contribution in [3.63, 3.8) is 0 Å². The van der Waals surface area contributed by atoms with Gasteiger partial charge in [0.1, 0.15) is 18.1 Å². The minimum Gasteiger partial charge on any atom is -0.481 e. The number of benzene rings is 3. The molecule has 47 heavy (non-hydrogen) atoms. The van der Waals surface area contributed by atoms with Crippen LogP contribution in [0.2, 0.25) is 0 Å². The zero-order valence-corrected chi connectivity index (χ0v) is 27.2. The van der Waals surface area contributed by atoms with Crippen molar-refractivity contribution in [2.45, 2.75) is 95.8 Å². The molecule has 250 valence electrons. The Labute approximate surface area is 276 Å². The second-order valence-corrected chi connectivity index (χ2v) is 12.8. The van der Waals surface area contributed by atoms with Gasteiger partial charge in [-0.1, -0.05) is 99.5 Å². The highest BCUT2D eigenvalue weighted by atomic mass is 16.4. The maximum atomic E-state index is 13.9. The summed E-state index contributed by atoms with van der Waals surface area (Å²) in [4.78, 5) is 66.1. The molecule has 0 aromatic heterocycles. The van der Waals surface area contributed by atoms with Crippen molar-refractivity contribution in [3.8, 4) is 0 Å². The number of nitrogens with one attached hydrogen (secondary N) is 4. The number of hydrogen-bond donors (Lipinski definition) is 5. The third-order valence-corrected chi connectivity index (χ3v) is 8.42. The van der Waals surface area contributed by atoms with Gasteiger partial charge in [0.05, 0.1) is 0 Å². The van der Waals surface area contributed by atoms with Gasteiger partial charge in [-0.2, -0.15) is 0 Å². The summed E-state index contributed by atoms with van der Waals surface area (Å²) in [5.74, 6) is -2.52. The fraction of sp³-hybridized carbons (Fsp3) is 0.432. The first-order chi connectivity index (χ1) is 22.6. The second kappa shape index (κ2) is 17.3. The van der Waals surface area contributed by atoms with E-state index in [1.54, 1.807) is 0 Å². The Morgan fingerprint density at radius 1 is 0.723 bits per heavy atom. The number of hydrogen-bond acceptors (Lipinski definition) is 5. The van der Waals surface area contributed by atoms with Gasteiger partial charge in [-0.25, -0.2) is 0 Å². The molecule has 0 saturated carbocycles. The first kappa shape index (κ1) is 35.1. The zero-order valence-electron chi connectivity index (χ0n) is 27.2. The molecule has 5 N–H and O–H groups in total. The molecule has 0 bridgehead atoms. The van der Waals surface area contributed by atoms with Crippen molar-refractivity contribution in [3.05, 3.63) is 83.9 Å². The van der Waals surface area contributed by atoms with Crippen LogP contribution in [0.25, 0.3) is 10.8 Å². The Bertz CT molecular complexity index is 1540. The lowest BCUT2D eigenvalue weighted by Gasteiger charge is -2.26. The van der Waals surface area contributed by atoms with Crippen molar-refractivity contribution in [1.82, 2.24) is 21.3 Å². The molecule has 1 heterocycles. The molecule has 0 aliphatic carbocycles. The fourth-order valence-corrected chi connectivity index (χ4v) is 6.11. The molecule has 1 fully saturated rings. The molecule has 4 amide bonds. The quantitative estimate of drug-likeness (QED) is 0.188. The molecule has 10 nitrogen and oxygen atoms in total. The van der Waals surface area contributed by atoms with E-state index < -0.39 is 47.9 Å². The number of carboxylic acid groups (broad SMARTS) is 1. The number of aliphatic carboxylic acids is 1. The summed E-state index contributed by atoms with van der Waals surface area (Å²) in [6, 6.07) is 19.5. The molecule has 3 aromatic carbocycles. The van der Waals surface area contributed by atoms with Crippen LogP contribution in [0, 0.1) is 5.92 Å². The van der Waals surface area contributed by atoms with E-state index in [-0.39, 0.29) is 43.9 Å². The van der Waals surface area contributed by atoms with Gasteiger partial charge < -0.3 is 26.4 Å². The molecule has 1 saturated heterocycles. The van der Waals surface area contributed by atoms with Gasteiger partial charge in [-0.05, 0) is 47.1 Å². The van der Waals surface area contributed by atoms with E-state index in [0.29, 0.717) is 25.7 Å². The van der Waals surface area contributed by atoms with E-state index in [4.69, 9.17) is 5.11 Å². The lowest BCUT2D eigenvalue weighted by Crippen LogP contribution is -2.57. The Balaban J connectivity index is 1.66. The Morgan fingerprint density at radius 2 is 1.36 bits per heavy atom. The highest BCUT2D eigenvalue weighted by Crippen LogP contribution is 2.21. The van der Waals surface area contributed by atoms with Crippen molar-refractivity contribution in [2.75, 3.05) is 0 Å². The molecule has 1 aliphatic rings. The van der Waals surface area contributed by atoms with Gasteiger partial charge in [0.15, 0.2) is 0 Å². The minimum atomic E-state index is -1.00. The summed E-state index contributed by atoms with van der Waals surface area (Å²) in [5.41, 5.74) is 1.72. The Morgan fingerprint density at radius 3 is 2.11 bits per heavy atom. The highest BCUT2D eigenvalue weighted by Gasteiger charge is 2.32. The van der Waals surface area contributed by atoms with Crippen molar-refractivity contribution >= 4 is 40.4 Å². The summed E-state index contributed by atoms with van der Waals surface area (Å²) in [5, 5.41) is 22.7. The third kappa shape index (κ3) is 10.9. The molecule has 3 aromatic rings. The number of fused-ring (bicyclic) bond motifs is 1. The number of unbranched alkanes of at least 4 members (excludes halogenated alkanes) is 2. The number of carbonyl (C=O) groups is 5. The van der Waals surface area contributed by atoms with Crippen LogP contribution in [0.3, 0.4) is 0 Å². The van der Waals surface area contributed by atoms with Crippen LogP contribution in [0.4, 0.5) is 0 Å². The first-order valence-corrected chi connectivity index (χ1v) is 16.5. The summed E-state index contributed by atoms with van der Waals surface area (Å²) < 4.78 is 0. The maximum Gasteiger partial charge on any atom is 0.303 e. The topological polar surface area (TPSA) is 154 Å². The van der Waals surface area contributed by atoms with Crippen LogP contribution in [0.1, 0.15) is 69.9 Å². The van der Waals surface area contributed by atoms with Gasteiger partial charge in [0.2, 0.25) is 23.6 Å². The van der Waals surface area contributed by atoms with Gasteiger partial charge in [-0.3, -0.25) is 24.0 Å². The lowest BCUT2D eigenvalue weighted by atomic mass is 9.96. The zero-order chi connectivity index (χ0) is 33.8. The molecule has 1 aliphatic heterocycles. The monoisotopic (exact) mass is 642 g/mol. The van der Waals surface area contributed by atoms with E-state index in [0.717, 1.165) is 21.9 Å². The maximum absolute atomic E-state index is 13.9. The van der Waals surface area contributed by atoms with Crippen LogP contribution in [0.15, 0.2) is 72.8 Å². The molecule has 0 spiro atoms. The summed E-state index contributed by atoms with van der Waals surface area (Å²) in [7, 11) is 0. The molecule has 4 atom stereocenters. The molecular weight excluding hydrogens is 596 g/mol. The third-order valence-electron chi connectivity index (χ3n) is 8.42. The first-order valence-electron chi connectivity index (χ1n) is 16.5. The van der Waals surface area contributed by atoms with Crippen molar-refractivity contribution < 1.29 is 29.1 Å². The van der Waals surface area contributed by atoms with Gasteiger partial charge in [-0.15, -0.1) is 0 Å². The molecule has 0 radical (unpaired) electrons. The predicted molar refractivity (Wildman–Crippen MR) is 180 cm³/mol. The predicted octanol–water partition coefficient (Wildman–Crippen LogP) is 4.05. The second-order valence-electron chi connectivity index (χ2n) is 12.8. The van der Waals surface area contributed by atoms with E-state index >= 15 is 0 Å². The number of carboxylic acids is 1. The van der Waals surface area contributed by atoms with Crippen LogP contribution in [0.5, 0.6) is 0 Å². The van der Waals surface area contributed by atoms with E-state index in [1.807, 2.05) is 86.6 Å². The Kier molecular flexibility index (Phi) is 12.9. The molecule has 4 rings (SSSR count). The van der Waals surface area contributed by atoms with E-state index in [9.17, 15) is 24.0 Å². The lowest BCUT2D eigenvalue weighted by molar-refractivity contribution is -0.137. The van der Waals surface area contributed by atoms with Gasteiger partial charge in [0.25, 0.3) is 0 Å². The van der Waals surface area contributed by atoms with Crippen molar-refractivity contribution in [1.29, 1.82) is 0 Å². The normalized spacial score (nSPS) is 21.1. The van der Waals surface area contributed by atoms with Gasteiger partial charge in [0, 0.05) is 31.7 Å². The standard InChI is InChI=1S/C37H46N4O6/c1-24(2)20-28-23-33(42)39-31(21-25-12-5-3-6-13-25)37(47)40-30(18-7-4-8-19-34(43)44)35(45)41-32(36(46)38-28)22-27-16-11-15-26-14-9-10-17-29(26)27/h3,5-6,9-17,24,28,30-32H,4,7-8,18-23H2,1-2H3,(H,38,46)(H,39,42)(H,40,47)(H,41,45)(H,43,44)/t28-,30-,31-,32-/m0/s1. The minimum absolute atomic E-state index is 0.0131. The average molecular weight is 643 g/mol. The number of carbonyl (C=O) groups excluding carboxylic acids is 4. The van der Waals surface area contributed by atoms with E-state index in [1.165, 1.54) is 0 Å². The summed E-state index contributed by atoms with van der Waals surface area (Å²) >= 11 is 0. The van der Waals surface area contributed by atoms with Crippen LogP contribution in [-0.2, 0) is 36.8 Å². The molecule has 10 heteroatoms. The van der Waals surface area contributed by atoms with Crippen LogP contribution in [-0.4, -0.2) is 58.9 Å².